The number of nitrogens with zero attached hydrogens (tertiary/aromatic N) is 5. The highest BCUT2D eigenvalue weighted by Gasteiger charge is 2.50. The predicted molar refractivity (Wildman–Crippen MR) is 81.5 cm³/mol. The molecule has 0 spiro atoms. The molecule has 0 saturated carbocycles. The van der Waals surface area contributed by atoms with E-state index in [1.54, 1.807) is 24.2 Å². The number of hydrogen-bond donors (Lipinski definition) is 0. The first kappa shape index (κ1) is 16.3. The van der Waals surface area contributed by atoms with Gasteiger partial charge >= 0.3 is 0 Å². The van der Waals surface area contributed by atoms with E-state index in [9.17, 15) is 13.6 Å². The van der Waals surface area contributed by atoms with Crippen LogP contribution in [0.4, 0.5) is 8.78 Å². The zero-order valence-corrected chi connectivity index (χ0v) is 13.7. The van der Waals surface area contributed by atoms with Crippen LogP contribution in [0.3, 0.4) is 0 Å². The molecule has 3 heterocycles. The Kier molecular flexibility index (Phi) is 4.14. The molecule has 2 aliphatic heterocycles. The fourth-order valence-corrected chi connectivity index (χ4v) is 3.52. The van der Waals surface area contributed by atoms with E-state index in [0.717, 1.165) is 0 Å². The Morgan fingerprint density at radius 2 is 2.13 bits per heavy atom. The van der Waals surface area contributed by atoms with E-state index >= 15 is 0 Å². The smallest absolute Gasteiger partial charge is 0.272 e. The van der Waals surface area contributed by atoms with Crippen LogP contribution in [-0.2, 0) is 7.05 Å². The Bertz CT molecular complexity index is 582. The van der Waals surface area contributed by atoms with Gasteiger partial charge in [0, 0.05) is 51.4 Å². The SMILES string of the molecule is CN(C)C[C@@H]1CC(F)(F)CN1C1CN(C(=O)c2ccnn2C)C1. The Morgan fingerprint density at radius 1 is 1.43 bits per heavy atom. The molecule has 2 fully saturated rings. The van der Waals surface area contributed by atoms with Gasteiger partial charge in [0.25, 0.3) is 11.8 Å². The molecule has 1 aromatic heterocycles. The lowest BCUT2D eigenvalue weighted by molar-refractivity contribution is -0.0117. The number of hydrogen-bond acceptors (Lipinski definition) is 4. The largest absolute Gasteiger partial charge is 0.334 e. The number of carbonyl (C=O) groups excluding carboxylic acids is 1. The molecule has 0 radical (unpaired) electrons. The van der Waals surface area contributed by atoms with Crippen LogP contribution in [0.5, 0.6) is 0 Å². The Labute approximate surface area is 134 Å². The van der Waals surface area contributed by atoms with E-state index < -0.39 is 5.92 Å². The van der Waals surface area contributed by atoms with E-state index in [4.69, 9.17) is 0 Å². The van der Waals surface area contributed by atoms with Crippen LogP contribution in [0.1, 0.15) is 16.9 Å². The van der Waals surface area contributed by atoms with Gasteiger partial charge in [-0.2, -0.15) is 5.10 Å². The van der Waals surface area contributed by atoms with Crippen molar-refractivity contribution in [2.24, 2.45) is 7.05 Å². The zero-order valence-electron chi connectivity index (χ0n) is 13.7. The number of likely N-dealkylation sites (N-methyl/N-ethyl adjacent to an activating group) is 1. The van der Waals surface area contributed by atoms with Gasteiger partial charge in [-0.1, -0.05) is 0 Å². The van der Waals surface area contributed by atoms with Crippen LogP contribution < -0.4 is 0 Å². The van der Waals surface area contributed by atoms with Crippen LogP contribution >= 0.6 is 0 Å². The van der Waals surface area contributed by atoms with Crippen LogP contribution in [0.2, 0.25) is 0 Å². The summed E-state index contributed by atoms with van der Waals surface area (Å²) in [6.07, 6.45) is 1.48. The van der Waals surface area contributed by atoms with Crippen molar-refractivity contribution in [2.75, 3.05) is 40.3 Å². The molecule has 128 valence electrons. The number of alkyl halides is 2. The van der Waals surface area contributed by atoms with E-state index in [1.807, 2.05) is 23.9 Å². The standard InChI is InChI=1S/C15H23F2N5O/c1-19(2)7-11-6-15(16,17)10-22(11)12-8-21(9-12)14(23)13-4-5-18-20(13)3/h4-5,11-12H,6-10H2,1-3H3/t11-/m0/s1. The number of rotatable bonds is 4. The minimum Gasteiger partial charge on any atom is -0.334 e. The highest BCUT2D eigenvalue weighted by atomic mass is 19.3. The second-order valence-electron chi connectivity index (χ2n) is 6.85. The van der Waals surface area contributed by atoms with Crippen molar-refractivity contribution in [2.45, 2.75) is 24.4 Å². The maximum Gasteiger partial charge on any atom is 0.272 e. The molecule has 1 aromatic rings. The topological polar surface area (TPSA) is 44.6 Å². The maximum atomic E-state index is 13.8. The maximum absolute atomic E-state index is 13.8. The summed E-state index contributed by atoms with van der Waals surface area (Å²) in [6, 6.07) is 1.54. The minimum absolute atomic E-state index is 0.0190. The Morgan fingerprint density at radius 3 is 2.70 bits per heavy atom. The van der Waals surface area contributed by atoms with Gasteiger partial charge in [0.05, 0.1) is 6.54 Å². The highest BCUT2D eigenvalue weighted by molar-refractivity contribution is 5.93. The van der Waals surface area contributed by atoms with Gasteiger partial charge in [-0.3, -0.25) is 14.4 Å². The third kappa shape index (κ3) is 3.23. The molecular weight excluding hydrogens is 304 g/mol. The molecule has 0 aromatic carbocycles. The fourth-order valence-electron chi connectivity index (χ4n) is 3.52. The lowest BCUT2D eigenvalue weighted by Gasteiger charge is -2.46. The van der Waals surface area contributed by atoms with Gasteiger partial charge in [0.15, 0.2) is 0 Å². The first-order chi connectivity index (χ1) is 10.8. The third-order valence-electron chi connectivity index (χ3n) is 4.65. The summed E-state index contributed by atoms with van der Waals surface area (Å²) in [7, 11) is 5.51. The van der Waals surface area contributed by atoms with Crippen LogP contribution in [0.25, 0.3) is 0 Å². The van der Waals surface area contributed by atoms with Gasteiger partial charge in [-0.05, 0) is 20.2 Å². The molecule has 6 nitrogen and oxygen atoms in total. The van der Waals surface area contributed by atoms with Crippen LogP contribution in [0, 0.1) is 0 Å². The lowest BCUT2D eigenvalue weighted by atomic mass is 10.0. The summed E-state index contributed by atoms with van der Waals surface area (Å²) in [6.45, 7) is 1.42. The van der Waals surface area contributed by atoms with Gasteiger partial charge in [0.1, 0.15) is 5.69 Å². The van der Waals surface area contributed by atoms with Crippen molar-refractivity contribution in [1.29, 1.82) is 0 Å². The first-order valence-corrected chi connectivity index (χ1v) is 7.82. The van der Waals surface area contributed by atoms with Gasteiger partial charge in [-0.25, -0.2) is 8.78 Å². The number of likely N-dealkylation sites (tertiary alicyclic amines) is 2. The highest BCUT2D eigenvalue weighted by Crippen LogP contribution is 2.35. The molecule has 2 saturated heterocycles. The van der Waals surface area contributed by atoms with E-state index in [-0.39, 0.29) is 31.0 Å². The van der Waals surface area contributed by atoms with Crippen LogP contribution in [-0.4, -0.2) is 88.7 Å². The molecule has 1 atom stereocenters. The molecular formula is C15H23F2N5O. The summed E-state index contributed by atoms with van der Waals surface area (Å²) in [5.41, 5.74) is 0.528. The fraction of sp³-hybridized carbons (Fsp3) is 0.733. The number of amides is 1. The molecule has 2 aliphatic rings. The normalized spacial score (nSPS) is 25.1. The molecule has 0 bridgehead atoms. The number of halogens is 2. The van der Waals surface area contributed by atoms with Gasteiger partial charge in [0.2, 0.25) is 0 Å². The Balaban J connectivity index is 1.61. The monoisotopic (exact) mass is 327 g/mol. The van der Waals surface area contributed by atoms with Crippen molar-refractivity contribution in [3.8, 4) is 0 Å². The second kappa shape index (κ2) is 5.83. The molecule has 23 heavy (non-hydrogen) atoms. The molecule has 8 heteroatoms. The molecule has 0 aliphatic carbocycles. The van der Waals surface area contributed by atoms with Crippen molar-refractivity contribution >= 4 is 5.91 Å². The van der Waals surface area contributed by atoms with E-state index in [2.05, 4.69) is 5.10 Å². The molecule has 0 unspecified atom stereocenters. The number of aromatic nitrogens is 2. The Hall–Kier alpha value is -1.54. The van der Waals surface area contributed by atoms with Crippen molar-refractivity contribution < 1.29 is 13.6 Å². The van der Waals surface area contributed by atoms with Crippen molar-refractivity contribution in [1.82, 2.24) is 24.5 Å². The summed E-state index contributed by atoms with van der Waals surface area (Å²) in [5, 5.41) is 3.99. The zero-order chi connectivity index (χ0) is 16.8. The van der Waals surface area contributed by atoms with Gasteiger partial charge in [-0.15, -0.1) is 0 Å². The lowest BCUT2D eigenvalue weighted by Crippen LogP contribution is -2.63. The molecule has 3 rings (SSSR count). The third-order valence-corrected chi connectivity index (χ3v) is 4.65. The first-order valence-electron chi connectivity index (χ1n) is 7.82. The average Bonchev–Trinajstić information content (AvgIpc) is 2.90. The van der Waals surface area contributed by atoms with E-state index in [0.29, 0.717) is 25.3 Å². The summed E-state index contributed by atoms with van der Waals surface area (Å²) in [5.74, 6) is -2.72. The summed E-state index contributed by atoms with van der Waals surface area (Å²) >= 11 is 0. The summed E-state index contributed by atoms with van der Waals surface area (Å²) < 4.78 is 29.1. The van der Waals surface area contributed by atoms with Crippen molar-refractivity contribution in [3.63, 3.8) is 0 Å². The second-order valence-corrected chi connectivity index (χ2v) is 6.85. The van der Waals surface area contributed by atoms with Crippen molar-refractivity contribution in [3.05, 3.63) is 18.0 Å². The molecule has 0 N–H and O–H groups in total. The quantitative estimate of drug-likeness (QED) is 0.809. The number of aryl methyl sites for hydroxylation is 1. The number of carbonyl (C=O) groups is 1. The average molecular weight is 327 g/mol. The molecule has 1 amide bonds. The van der Waals surface area contributed by atoms with Crippen LogP contribution in [0.15, 0.2) is 12.3 Å². The predicted octanol–water partition coefficient (Wildman–Crippen LogP) is 0.516. The van der Waals surface area contributed by atoms with Gasteiger partial charge < -0.3 is 9.80 Å². The summed E-state index contributed by atoms with van der Waals surface area (Å²) in [4.78, 5) is 17.9. The minimum atomic E-state index is -2.63. The van der Waals surface area contributed by atoms with E-state index in [1.165, 1.54) is 4.68 Å².